The van der Waals surface area contributed by atoms with E-state index in [2.05, 4.69) is 24.5 Å². The van der Waals surface area contributed by atoms with Crippen molar-refractivity contribution in [1.82, 2.24) is 10.6 Å². The van der Waals surface area contributed by atoms with Crippen molar-refractivity contribution in [3.63, 3.8) is 0 Å². The summed E-state index contributed by atoms with van der Waals surface area (Å²) in [6.07, 6.45) is 12.3. The van der Waals surface area contributed by atoms with Crippen LogP contribution in [0.5, 0.6) is 0 Å². The van der Waals surface area contributed by atoms with E-state index in [4.69, 9.17) is 5.73 Å². The fraction of sp³-hybridized carbons (Fsp3) is 1.00. The van der Waals surface area contributed by atoms with Gasteiger partial charge in [0.1, 0.15) is 0 Å². The SMILES string of the molecule is CCCC(CC)CNCCCNC.NCC1CCCCC1. The van der Waals surface area contributed by atoms with E-state index < -0.39 is 0 Å². The molecule has 1 unspecified atom stereocenters. The summed E-state index contributed by atoms with van der Waals surface area (Å²) in [6, 6.07) is 0. The standard InChI is InChI=1S/C11H26N2.C7H15N/c1-4-7-11(5-2)10-13-9-6-8-12-3;8-6-7-4-2-1-3-5-7/h11-13H,4-10H2,1-3H3;7H,1-6,8H2. The van der Waals surface area contributed by atoms with Crippen LogP contribution in [-0.2, 0) is 0 Å². The van der Waals surface area contributed by atoms with E-state index in [0.717, 1.165) is 31.5 Å². The lowest BCUT2D eigenvalue weighted by Crippen LogP contribution is -2.25. The van der Waals surface area contributed by atoms with E-state index in [1.165, 1.54) is 64.3 Å². The van der Waals surface area contributed by atoms with Gasteiger partial charge < -0.3 is 16.4 Å². The predicted octanol–water partition coefficient (Wildman–Crippen LogP) is 3.54. The zero-order valence-corrected chi connectivity index (χ0v) is 14.9. The minimum Gasteiger partial charge on any atom is -0.330 e. The third kappa shape index (κ3) is 13.3. The minimum atomic E-state index is 0.865. The van der Waals surface area contributed by atoms with Gasteiger partial charge in [-0.05, 0) is 70.7 Å². The smallest absolute Gasteiger partial charge is 0.00206 e. The molecule has 0 radical (unpaired) electrons. The predicted molar refractivity (Wildman–Crippen MR) is 95.7 cm³/mol. The maximum absolute atomic E-state index is 5.50. The molecule has 1 atom stereocenters. The van der Waals surface area contributed by atoms with Gasteiger partial charge >= 0.3 is 0 Å². The summed E-state index contributed by atoms with van der Waals surface area (Å²) in [7, 11) is 2.01. The van der Waals surface area contributed by atoms with Gasteiger partial charge in [0, 0.05) is 0 Å². The van der Waals surface area contributed by atoms with Gasteiger partial charge in [-0.3, -0.25) is 0 Å². The maximum atomic E-state index is 5.50. The highest BCUT2D eigenvalue weighted by atomic mass is 14.9. The van der Waals surface area contributed by atoms with Crippen molar-refractivity contribution in [2.24, 2.45) is 17.6 Å². The van der Waals surface area contributed by atoms with E-state index in [1.54, 1.807) is 0 Å². The van der Waals surface area contributed by atoms with E-state index in [0.29, 0.717) is 0 Å². The lowest BCUT2D eigenvalue weighted by molar-refractivity contribution is 0.366. The number of nitrogens with two attached hydrogens (primary N) is 1. The lowest BCUT2D eigenvalue weighted by Gasteiger charge is -2.18. The van der Waals surface area contributed by atoms with Crippen molar-refractivity contribution >= 4 is 0 Å². The molecular weight excluding hydrogens is 258 g/mol. The first-order valence-corrected chi connectivity index (χ1v) is 9.33. The van der Waals surface area contributed by atoms with Gasteiger partial charge in [-0.15, -0.1) is 0 Å². The molecule has 0 spiro atoms. The Morgan fingerprint density at radius 3 is 2.29 bits per heavy atom. The second-order valence-corrected chi connectivity index (χ2v) is 6.46. The van der Waals surface area contributed by atoms with Crippen LogP contribution in [0.25, 0.3) is 0 Å². The molecule has 1 aliphatic carbocycles. The summed E-state index contributed by atoms with van der Waals surface area (Å²) in [5.41, 5.74) is 5.50. The first-order chi connectivity index (χ1) is 10.3. The maximum Gasteiger partial charge on any atom is -0.00206 e. The summed E-state index contributed by atoms with van der Waals surface area (Å²) in [5.74, 6) is 1.75. The zero-order chi connectivity index (χ0) is 15.8. The number of hydrogen-bond donors (Lipinski definition) is 3. The fourth-order valence-corrected chi connectivity index (χ4v) is 2.98. The molecule has 3 heteroatoms. The van der Waals surface area contributed by atoms with Crippen LogP contribution in [0.4, 0.5) is 0 Å². The minimum absolute atomic E-state index is 0.865. The molecule has 0 bridgehead atoms. The van der Waals surface area contributed by atoms with Gasteiger partial charge in [0.2, 0.25) is 0 Å². The average Bonchev–Trinajstić information content (AvgIpc) is 2.55. The van der Waals surface area contributed by atoms with Crippen LogP contribution in [0.3, 0.4) is 0 Å². The molecule has 0 aliphatic heterocycles. The summed E-state index contributed by atoms with van der Waals surface area (Å²) in [5, 5.41) is 6.67. The number of nitrogens with one attached hydrogen (secondary N) is 2. The topological polar surface area (TPSA) is 50.1 Å². The Balaban J connectivity index is 0.000000423. The summed E-state index contributed by atoms with van der Waals surface area (Å²) in [4.78, 5) is 0. The van der Waals surface area contributed by atoms with Crippen molar-refractivity contribution in [1.29, 1.82) is 0 Å². The first kappa shape index (κ1) is 20.9. The van der Waals surface area contributed by atoms with Crippen LogP contribution in [0, 0.1) is 11.8 Å². The Morgan fingerprint density at radius 2 is 1.81 bits per heavy atom. The highest BCUT2D eigenvalue weighted by molar-refractivity contribution is 4.65. The van der Waals surface area contributed by atoms with Crippen LogP contribution in [-0.4, -0.2) is 33.2 Å². The Bertz CT molecular complexity index is 191. The molecule has 1 aliphatic rings. The molecule has 1 saturated carbocycles. The molecule has 0 aromatic heterocycles. The molecule has 1 fully saturated rings. The second kappa shape index (κ2) is 16.3. The summed E-state index contributed by atoms with van der Waals surface area (Å²) in [6.45, 7) is 8.95. The zero-order valence-electron chi connectivity index (χ0n) is 14.9. The largest absolute Gasteiger partial charge is 0.330 e. The summed E-state index contributed by atoms with van der Waals surface area (Å²) < 4.78 is 0. The lowest BCUT2D eigenvalue weighted by atomic mass is 9.90. The van der Waals surface area contributed by atoms with Crippen LogP contribution in [0.1, 0.15) is 71.6 Å². The molecular formula is C18H41N3. The van der Waals surface area contributed by atoms with Gasteiger partial charge in [0.05, 0.1) is 0 Å². The van der Waals surface area contributed by atoms with Crippen LogP contribution >= 0.6 is 0 Å². The molecule has 4 N–H and O–H groups in total. The Morgan fingerprint density at radius 1 is 1.10 bits per heavy atom. The van der Waals surface area contributed by atoms with E-state index in [1.807, 2.05) is 7.05 Å². The van der Waals surface area contributed by atoms with Crippen molar-refractivity contribution in [3.05, 3.63) is 0 Å². The van der Waals surface area contributed by atoms with Gasteiger partial charge in [-0.25, -0.2) is 0 Å². The third-order valence-electron chi connectivity index (χ3n) is 4.55. The Hall–Kier alpha value is -0.120. The first-order valence-electron chi connectivity index (χ1n) is 9.33. The monoisotopic (exact) mass is 299 g/mol. The van der Waals surface area contributed by atoms with Crippen molar-refractivity contribution in [3.8, 4) is 0 Å². The van der Waals surface area contributed by atoms with E-state index in [-0.39, 0.29) is 0 Å². The van der Waals surface area contributed by atoms with Crippen molar-refractivity contribution in [2.45, 2.75) is 71.6 Å². The average molecular weight is 300 g/mol. The molecule has 3 nitrogen and oxygen atoms in total. The van der Waals surface area contributed by atoms with E-state index >= 15 is 0 Å². The highest BCUT2D eigenvalue weighted by Gasteiger charge is 2.09. The molecule has 1 rings (SSSR count). The van der Waals surface area contributed by atoms with Gasteiger partial charge in [0.15, 0.2) is 0 Å². The second-order valence-electron chi connectivity index (χ2n) is 6.46. The molecule has 0 saturated heterocycles. The molecule has 21 heavy (non-hydrogen) atoms. The van der Waals surface area contributed by atoms with Crippen LogP contribution in [0.15, 0.2) is 0 Å². The van der Waals surface area contributed by atoms with Crippen LogP contribution < -0.4 is 16.4 Å². The van der Waals surface area contributed by atoms with Gasteiger partial charge in [-0.2, -0.15) is 0 Å². The third-order valence-corrected chi connectivity index (χ3v) is 4.55. The van der Waals surface area contributed by atoms with Gasteiger partial charge in [-0.1, -0.05) is 46.0 Å². The number of rotatable bonds is 10. The number of hydrogen-bond acceptors (Lipinski definition) is 3. The molecule has 128 valence electrons. The quantitative estimate of drug-likeness (QED) is 0.541. The normalized spacial score (nSPS) is 17.1. The van der Waals surface area contributed by atoms with E-state index in [9.17, 15) is 0 Å². The summed E-state index contributed by atoms with van der Waals surface area (Å²) >= 11 is 0. The van der Waals surface area contributed by atoms with Gasteiger partial charge in [0.25, 0.3) is 0 Å². The Labute approximate surface area is 133 Å². The van der Waals surface area contributed by atoms with Crippen molar-refractivity contribution < 1.29 is 0 Å². The molecule has 0 aromatic carbocycles. The highest BCUT2D eigenvalue weighted by Crippen LogP contribution is 2.21. The molecule has 0 aromatic rings. The Kier molecular flexibility index (Phi) is 16.2. The van der Waals surface area contributed by atoms with Crippen molar-refractivity contribution in [2.75, 3.05) is 33.2 Å². The van der Waals surface area contributed by atoms with Crippen LogP contribution in [0.2, 0.25) is 0 Å². The molecule has 0 amide bonds. The fourth-order valence-electron chi connectivity index (χ4n) is 2.98. The molecule has 0 heterocycles.